The topological polar surface area (TPSA) is 70.6 Å². The molecule has 1 aliphatic heterocycles. The highest BCUT2D eigenvalue weighted by molar-refractivity contribution is 6.45. The third-order valence-corrected chi connectivity index (χ3v) is 2.87. The predicted molar refractivity (Wildman–Crippen MR) is 68.1 cm³/mol. The summed E-state index contributed by atoms with van der Waals surface area (Å²) >= 11 is 0. The molecule has 0 aliphatic carbocycles. The van der Waals surface area contributed by atoms with E-state index in [1.54, 1.807) is 0 Å². The summed E-state index contributed by atoms with van der Waals surface area (Å²) in [6.07, 6.45) is 0.860. The number of carbonyl (C=O) groups excluding carboxylic acids is 2. The Balaban J connectivity index is 1.84. The molecular weight excluding hydrogens is 230 g/mol. The fraction of sp³-hybridized carbons (Fsp3) is 0.308. The number of guanidine groups is 1. The van der Waals surface area contributed by atoms with E-state index in [0.717, 1.165) is 6.42 Å². The molecular formula is C13H15N3O2. The highest BCUT2D eigenvalue weighted by Gasteiger charge is 2.24. The number of carbonyl (C=O) groups is 2. The van der Waals surface area contributed by atoms with Crippen LogP contribution in [0.25, 0.3) is 0 Å². The number of rotatable bonds is 4. The number of amides is 2. The van der Waals surface area contributed by atoms with Crippen LogP contribution in [0.1, 0.15) is 24.8 Å². The zero-order valence-electron chi connectivity index (χ0n) is 10.1. The fourth-order valence-corrected chi connectivity index (χ4v) is 1.76. The van der Waals surface area contributed by atoms with Crippen LogP contribution >= 0.6 is 0 Å². The fourth-order valence-electron chi connectivity index (χ4n) is 1.76. The molecule has 2 N–H and O–H groups in total. The molecule has 1 aromatic rings. The molecule has 1 saturated heterocycles. The van der Waals surface area contributed by atoms with E-state index in [4.69, 9.17) is 0 Å². The standard InChI is InChI=1S/C13H15N3O2/c1-9(10-5-3-2-4-6-10)7-8-14-13-15-11(17)12(18)16-13/h2-6,9H,7-8H2,1H3,(H2,14,15,16,17,18). The zero-order valence-corrected chi connectivity index (χ0v) is 10.1. The van der Waals surface area contributed by atoms with Gasteiger partial charge in [-0.15, -0.1) is 0 Å². The van der Waals surface area contributed by atoms with Gasteiger partial charge in [-0.05, 0) is 17.9 Å². The SMILES string of the molecule is CC(CCN=C1NC(=O)C(=O)N1)c1ccccc1. The van der Waals surface area contributed by atoms with Crippen LogP contribution in [0, 0.1) is 0 Å². The summed E-state index contributed by atoms with van der Waals surface area (Å²) in [5.74, 6) is -0.650. The molecule has 1 fully saturated rings. The lowest BCUT2D eigenvalue weighted by Crippen LogP contribution is -2.26. The van der Waals surface area contributed by atoms with E-state index in [1.165, 1.54) is 5.56 Å². The molecule has 18 heavy (non-hydrogen) atoms. The van der Waals surface area contributed by atoms with Gasteiger partial charge in [-0.2, -0.15) is 0 Å². The van der Waals surface area contributed by atoms with Gasteiger partial charge in [0, 0.05) is 6.54 Å². The van der Waals surface area contributed by atoms with Gasteiger partial charge in [-0.3, -0.25) is 25.2 Å². The first-order valence-electron chi connectivity index (χ1n) is 5.88. The molecule has 1 aliphatic rings. The van der Waals surface area contributed by atoms with Crippen molar-refractivity contribution in [2.24, 2.45) is 4.99 Å². The summed E-state index contributed by atoms with van der Waals surface area (Å²) in [5, 5.41) is 4.74. The van der Waals surface area contributed by atoms with Gasteiger partial charge in [0.05, 0.1) is 0 Å². The number of benzene rings is 1. The number of aliphatic imine (C=N–C) groups is 1. The third-order valence-electron chi connectivity index (χ3n) is 2.87. The van der Waals surface area contributed by atoms with E-state index < -0.39 is 11.8 Å². The van der Waals surface area contributed by atoms with Crippen molar-refractivity contribution in [3.8, 4) is 0 Å². The number of nitrogens with one attached hydrogen (secondary N) is 2. The van der Waals surface area contributed by atoms with Crippen molar-refractivity contribution < 1.29 is 9.59 Å². The van der Waals surface area contributed by atoms with Gasteiger partial charge in [0.25, 0.3) is 0 Å². The molecule has 1 atom stereocenters. The molecule has 0 bridgehead atoms. The molecule has 94 valence electrons. The Morgan fingerprint density at radius 1 is 1.11 bits per heavy atom. The van der Waals surface area contributed by atoms with Crippen molar-refractivity contribution in [2.45, 2.75) is 19.3 Å². The summed E-state index contributed by atoms with van der Waals surface area (Å²) in [4.78, 5) is 25.9. The van der Waals surface area contributed by atoms with Crippen LogP contribution in [0.4, 0.5) is 0 Å². The molecule has 0 aromatic heterocycles. The molecule has 0 radical (unpaired) electrons. The van der Waals surface area contributed by atoms with Gasteiger partial charge in [-0.1, -0.05) is 37.3 Å². The van der Waals surface area contributed by atoms with Crippen LogP contribution in [-0.4, -0.2) is 24.3 Å². The van der Waals surface area contributed by atoms with Crippen LogP contribution in [0.2, 0.25) is 0 Å². The maximum absolute atomic E-state index is 10.9. The lowest BCUT2D eigenvalue weighted by Gasteiger charge is -2.09. The lowest BCUT2D eigenvalue weighted by atomic mass is 9.98. The van der Waals surface area contributed by atoms with E-state index >= 15 is 0 Å². The summed E-state index contributed by atoms with van der Waals surface area (Å²) < 4.78 is 0. The van der Waals surface area contributed by atoms with Crippen LogP contribution in [-0.2, 0) is 9.59 Å². The second-order valence-corrected chi connectivity index (χ2v) is 4.24. The molecule has 0 saturated carbocycles. The number of nitrogens with zero attached hydrogens (tertiary/aromatic N) is 1. The Kier molecular flexibility index (Phi) is 3.72. The largest absolute Gasteiger partial charge is 0.316 e. The zero-order chi connectivity index (χ0) is 13.0. The molecule has 2 rings (SSSR count). The minimum atomic E-state index is -0.648. The van der Waals surface area contributed by atoms with Crippen molar-refractivity contribution in [3.63, 3.8) is 0 Å². The first-order valence-corrected chi connectivity index (χ1v) is 5.88. The van der Waals surface area contributed by atoms with E-state index in [0.29, 0.717) is 12.5 Å². The van der Waals surface area contributed by atoms with Crippen LogP contribution in [0.3, 0.4) is 0 Å². The van der Waals surface area contributed by atoms with Crippen molar-refractivity contribution in [1.82, 2.24) is 10.6 Å². The normalized spacial score (nSPS) is 16.2. The van der Waals surface area contributed by atoms with E-state index in [-0.39, 0.29) is 5.96 Å². The molecule has 5 heteroatoms. The van der Waals surface area contributed by atoms with Crippen molar-refractivity contribution in [1.29, 1.82) is 0 Å². The highest BCUT2D eigenvalue weighted by Crippen LogP contribution is 2.17. The Bertz CT molecular complexity index is 464. The molecule has 1 aromatic carbocycles. The Morgan fingerprint density at radius 2 is 1.72 bits per heavy atom. The predicted octanol–water partition coefficient (Wildman–Crippen LogP) is 0.782. The average Bonchev–Trinajstić information content (AvgIpc) is 2.69. The second-order valence-electron chi connectivity index (χ2n) is 4.24. The number of hydrogen-bond acceptors (Lipinski definition) is 3. The van der Waals surface area contributed by atoms with Crippen molar-refractivity contribution in [3.05, 3.63) is 35.9 Å². The Labute approximate surface area is 105 Å². The first-order chi connectivity index (χ1) is 8.66. The summed E-state index contributed by atoms with van der Waals surface area (Å²) in [6.45, 7) is 2.69. The highest BCUT2D eigenvalue weighted by atomic mass is 16.2. The van der Waals surface area contributed by atoms with E-state index in [9.17, 15) is 9.59 Å². The summed E-state index contributed by atoms with van der Waals surface area (Å²) in [5.41, 5.74) is 1.26. The Morgan fingerprint density at radius 3 is 2.33 bits per heavy atom. The molecule has 1 unspecified atom stereocenters. The number of hydrogen-bond donors (Lipinski definition) is 2. The minimum Gasteiger partial charge on any atom is -0.288 e. The van der Waals surface area contributed by atoms with Gasteiger partial charge >= 0.3 is 11.8 Å². The van der Waals surface area contributed by atoms with Gasteiger partial charge in [0.1, 0.15) is 0 Å². The minimum absolute atomic E-state index is 0.255. The summed E-state index contributed by atoms with van der Waals surface area (Å²) in [7, 11) is 0. The van der Waals surface area contributed by atoms with Gasteiger partial charge < -0.3 is 0 Å². The summed E-state index contributed by atoms with van der Waals surface area (Å²) in [6, 6.07) is 10.2. The van der Waals surface area contributed by atoms with Crippen LogP contribution in [0.15, 0.2) is 35.3 Å². The maximum atomic E-state index is 10.9. The maximum Gasteiger partial charge on any atom is 0.316 e. The molecule has 0 spiro atoms. The molecule has 2 amide bonds. The van der Waals surface area contributed by atoms with Crippen LogP contribution in [0.5, 0.6) is 0 Å². The lowest BCUT2D eigenvalue weighted by molar-refractivity contribution is -0.135. The van der Waals surface area contributed by atoms with Gasteiger partial charge in [0.2, 0.25) is 5.96 Å². The van der Waals surface area contributed by atoms with E-state index in [2.05, 4.69) is 34.7 Å². The van der Waals surface area contributed by atoms with Crippen LogP contribution < -0.4 is 10.6 Å². The van der Waals surface area contributed by atoms with Crippen molar-refractivity contribution in [2.75, 3.05) is 6.54 Å². The van der Waals surface area contributed by atoms with Gasteiger partial charge in [-0.25, -0.2) is 0 Å². The van der Waals surface area contributed by atoms with Gasteiger partial charge in [0.15, 0.2) is 0 Å². The van der Waals surface area contributed by atoms with E-state index in [1.807, 2.05) is 18.2 Å². The average molecular weight is 245 g/mol. The third kappa shape index (κ3) is 2.94. The quantitative estimate of drug-likeness (QED) is 0.770. The molecule has 5 nitrogen and oxygen atoms in total. The van der Waals surface area contributed by atoms with Crippen molar-refractivity contribution >= 4 is 17.8 Å². The smallest absolute Gasteiger partial charge is 0.288 e. The molecule has 1 heterocycles. The second kappa shape index (κ2) is 5.44. The monoisotopic (exact) mass is 245 g/mol. The first kappa shape index (κ1) is 12.3. The Hall–Kier alpha value is -2.17.